The lowest BCUT2D eigenvalue weighted by atomic mass is 10.2. The maximum atomic E-state index is 13.5. The number of furan rings is 1. The first kappa shape index (κ1) is 17.3. The molecule has 25 heavy (non-hydrogen) atoms. The molecular formula is C19H12Cl2FNO2. The summed E-state index contributed by atoms with van der Waals surface area (Å²) in [5, 5.41) is 3.46. The van der Waals surface area contributed by atoms with E-state index in [0.717, 1.165) is 0 Å². The first-order valence-corrected chi connectivity index (χ1v) is 8.07. The molecule has 0 fully saturated rings. The zero-order chi connectivity index (χ0) is 17.8. The van der Waals surface area contributed by atoms with Crippen molar-refractivity contribution < 1.29 is 13.6 Å². The summed E-state index contributed by atoms with van der Waals surface area (Å²) in [5.74, 6) is 0.0509. The standard InChI is InChI=1S/C19H12Cl2FNO2/c20-12-5-8-14(15(21)11-12)18-9-6-13(25-18)7-10-19(24)23-17-4-2-1-3-16(17)22/h1-11H,(H,23,24)/b10-7+. The molecule has 0 saturated carbocycles. The van der Waals surface area contributed by atoms with Crippen LogP contribution in [0.3, 0.4) is 0 Å². The molecule has 0 aliphatic carbocycles. The van der Waals surface area contributed by atoms with Gasteiger partial charge in [0.1, 0.15) is 17.3 Å². The molecule has 0 unspecified atom stereocenters. The first-order chi connectivity index (χ1) is 12.0. The van der Waals surface area contributed by atoms with E-state index >= 15 is 0 Å². The van der Waals surface area contributed by atoms with Gasteiger partial charge in [0, 0.05) is 16.7 Å². The Morgan fingerprint density at radius 1 is 1.08 bits per heavy atom. The van der Waals surface area contributed by atoms with E-state index in [1.54, 1.807) is 42.5 Å². The lowest BCUT2D eigenvalue weighted by molar-refractivity contribution is -0.111. The van der Waals surface area contributed by atoms with Crippen molar-refractivity contribution in [3.63, 3.8) is 0 Å². The second-order valence-corrected chi connectivity index (χ2v) is 5.97. The summed E-state index contributed by atoms with van der Waals surface area (Å²) in [7, 11) is 0. The van der Waals surface area contributed by atoms with Crippen LogP contribution in [0.25, 0.3) is 17.4 Å². The SMILES string of the molecule is O=C(/C=C/c1ccc(-c2ccc(Cl)cc2Cl)o1)Nc1ccccc1F. The van der Waals surface area contributed by atoms with Gasteiger partial charge in [-0.2, -0.15) is 0 Å². The van der Waals surface area contributed by atoms with Crippen LogP contribution in [0.2, 0.25) is 10.0 Å². The summed E-state index contributed by atoms with van der Waals surface area (Å²) in [6.07, 6.45) is 2.75. The van der Waals surface area contributed by atoms with Gasteiger partial charge in [-0.1, -0.05) is 35.3 Å². The normalized spacial score (nSPS) is 11.0. The van der Waals surface area contributed by atoms with Gasteiger partial charge in [0.05, 0.1) is 10.7 Å². The molecule has 0 atom stereocenters. The highest BCUT2D eigenvalue weighted by Gasteiger charge is 2.09. The van der Waals surface area contributed by atoms with Crippen LogP contribution in [-0.2, 0) is 4.79 Å². The van der Waals surface area contributed by atoms with Crippen LogP contribution >= 0.6 is 23.2 Å². The minimum atomic E-state index is -0.498. The van der Waals surface area contributed by atoms with Crippen LogP contribution < -0.4 is 5.32 Å². The molecule has 1 amide bonds. The molecule has 0 aliphatic rings. The Morgan fingerprint density at radius 3 is 2.64 bits per heavy atom. The quantitative estimate of drug-likeness (QED) is 0.564. The maximum absolute atomic E-state index is 13.5. The van der Waals surface area contributed by atoms with Crippen LogP contribution in [0.15, 0.2) is 65.1 Å². The fraction of sp³-hybridized carbons (Fsp3) is 0. The average Bonchev–Trinajstić information content (AvgIpc) is 3.04. The van der Waals surface area contributed by atoms with Gasteiger partial charge in [0.2, 0.25) is 5.91 Å². The number of rotatable bonds is 4. The van der Waals surface area contributed by atoms with E-state index in [0.29, 0.717) is 27.1 Å². The Bertz CT molecular complexity index is 950. The predicted octanol–water partition coefficient (Wildman–Crippen LogP) is 6.04. The van der Waals surface area contributed by atoms with Crippen LogP contribution in [0.4, 0.5) is 10.1 Å². The molecule has 0 spiro atoms. The number of carbonyl (C=O) groups is 1. The van der Waals surface area contributed by atoms with Crippen LogP contribution in [0.1, 0.15) is 5.76 Å². The molecule has 6 heteroatoms. The Hall–Kier alpha value is -2.56. The van der Waals surface area contributed by atoms with E-state index in [-0.39, 0.29) is 5.69 Å². The molecule has 0 radical (unpaired) electrons. The fourth-order valence-corrected chi connectivity index (χ4v) is 2.67. The van der Waals surface area contributed by atoms with Gasteiger partial charge in [0.15, 0.2) is 0 Å². The lowest BCUT2D eigenvalue weighted by Gasteiger charge is -2.02. The van der Waals surface area contributed by atoms with Gasteiger partial charge >= 0.3 is 0 Å². The van der Waals surface area contributed by atoms with Crippen LogP contribution in [-0.4, -0.2) is 5.91 Å². The molecule has 2 aromatic carbocycles. The Morgan fingerprint density at radius 2 is 1.88 bits per heavy atom. The minimum Gasteiger partial charge on any atom is -0.457 e. The van der Waals surface area contributed by atoms with E-state index in [4.69, 9.17) is 27.6 Å². The van der Waals surface area contributed by atoms with E-state index in [1.165, 1.54) is 24.3 Å². The number of benzene rings is 2. The fourth-order valence-electron chi connectivity index (χ4n) is 2.17. The summed E-state index contributed by atoms with van der Waals surface area (Å²) < 4.78 is 19.1. The molecule has 0 bridgehead atoms. The molecular weight excluding hydrogens is 364 g/mol. The monoisotopic (exact) mass is 375 g/mol. The predicted molar refractivity (Wildman–Crippen MR) is 98.2 cm³/mol. The van der Waals surface area contributed by atoms with Crippen molar-refractivity contribution in [3.8, 4) is 11.3 Å². The largest absolute Gasteiger partial charge is 0.457 e. The minimum absolute atomic E-state index is 0.116. The molecule has 1 aromatic heterocycles. The Balaban J connectivity index is 1.71. The van der Waals surface area contributed by atoms with Gasteiger partial charge in [-0.25, -0.2) is 4.39 Å². The second kappa shape index (κ2) is 7.55. The smallest absolute Gasteiger partial charge is 0.248 e. The summed E-state index contributed by atoms with van der Waals surface area (Å²) in [5.41, 5.74) is 0.812. The molecule has 1 N–H and O–H groups in total. The highest BCUT2D eigenvalue weighted by molar-refractivity contribution is 6.36. The molecule has 3 rings (SSSR count). The highest BCUT2D eigenvalue weighted by Crippen LogP contribution is 2.31. The molecule has 3 aromatic rings. The third kappa shape index (κ3) is 4.29. The molecule has 0 aliphatic heterocycles. The zero-order valence-corrected chi connectivity index (χ0v) is 14.3. The average molecular weight is 376 g/mol. The number of para-hydroxylation sites is 1. The summed E-state index contributed by atoms with van der Waals surface area (Å²) >= 11 is 12.0. The Labute approximate surface area is 153 Å². The van der Waals surface area contributed by atoms with E-state index in [9.17, 15) is 9.18 Å². The maximum Gasteiger partial charge on any atom is 0.248 e. The van der Waals surface area contributed by atoms with Crippen molar-refractivity contribution in [2.24, 2.45) is 0 Å². The van der Waals surface area contributed by atoms with E-state index in [2.05, 4.69) is 5.32 Å². The number of carbonyl (C=O) groups excluding carboxylic acids is 1. The molecule has 0 saturated heterocycles. The number of hydrogen-bond acceptors (Lipinski definition) is 2. The molecule has 3 nitrogen and oxygen atoms in total. The van der Waals surface area contributed by atoms with Crippen LogP contribution in [0, 0.1) is 5.82 Å². The summed E-state index contributed by atoms with van der Waals surface area (Å²) in [6, 6.07) is 14.5. The third-order valence-corrected chi connectivity index (χ3v) is 3.90. The van der Waals surface area contributed by atoms with Crippen molar-refractivity contribution >= 4 is 40.9 Å². The van der Waals surface area contributed by atoms with Gasteiger partial charge in [-0.3, -0.25) is 4.79 Å². The first-order valence-electron chi connectivity index (χ1n) is 7.32. The molecule has 1 heterocycles. The number of hydrogen-bond donors (Lipinski definition) is 1. The Kier molecular flexibility index (Phi) is 5.22. The van der Waals surface area contributed by atoms with Gasteiger partial charge in [0.25, 0.3) is 0 Å². The second-order valence-electron chi connectivity index (χ2n) is 5.13. The number of nitrogens with one attached hydrogen (secondary N) is 1. The summed E-state index contributed by atoms with van der Waals surface area (Å²) in [4.78, 5) is 11.9. The number of halogens is 3. The number of anilines is 1. The summed E-state index contributed by atoms with van der Waals surface area (Å²) in [6.45, 7) is 0. The van der Waals surface area contributed by atoms with E-state index < -0.39 is 11.7 Å². The highest BCUT2D eigenvalue weighted by atomic mass is 35.5. The van der Waals surface area contributed by atoms with Crippen molar-refractivity contribution in [3.05, 3.63) is 82.3 Å². The van der Waals surface area contributed by atoms with Gasteiger partial charge < -0.3 is 9.73 Å². The van der Waals surface area contributed by atoms with Crippen molar-refractivity contribution in [1.82, 2.24) is 0 Å². The lowest BCUT2D eigenvalue weighted by Crippen LogP contribution is -2.08. The van der Waals surface area contributed by atoms with Gasteiger partial charge in [-0.05, 0) is 48.5 Å². The zero-order valence-electron chi connectivity index (χ0n) is 12.8. The third-order valence-electron chi connectivity index (χ3n) is 3.35. The van der Waals surface area contributed by atoms with E-state index in [1.807, 2.05) is 0 Å². The molecule has 126 valence electrons. The van der Waals surface area contributed by atoms with Crippen molar-refractivity contribution in [2.45, 2.75) is 0 Å². The van der Waals surface area contributed by atoms with Gasteiger partial charge in [-0.15, -0.1) is 0 Å². The van der Waals surface area contributed by atoms with Crippen LogP contribution in [0.5, 0.6) is 0 Å². The number of amides is 1. The van der Waals surface area contributed by atoms with Crippen molar-refractivity contribution in [2.75, 3.05) is 5.32 Å². The topological polar surface area (TPSA) is 42.2 Å². The van der Waals surface area contributed by atoms with Crippen molar-refractivity contribution in [1.29, 1.82) is 0 Å².